The molecule has 0 aliphatic carbocycles. The fourth-order valence-electron chi connectivity index (χ4n) is 3.20. The molecule has 2 heterocycles. The first kappa shape index (κ1) is 33.2. The number of nitrogens with one attached hydrogen (secondary N) is 2. The maximum atomic E-state index is 12.3. The van der Waals surface area contributed by atoms with Gasteiger partial charge in [-0.25, -0.2) is 18.5 Å². The quantitative estimate of drug-likeness (QED) is 0.0981. The predicted octanol–water partition coefficient (Wildman–Crippen LogP) is -1.42. The van der Waals surface area contributed by atoms with Crippen molar-refractivity contribution in [3.05, 3.63) is 32.6 Å². The van der Waals surface area contributed by atoms with Crippen molar-refractivity contribution in [1.82, 2.24) is 14.9 Å². The van der Waals surface area contributed by atoms with Crippen LogP contribution < -0.4 is 16.6 Å². The molecule has 1 aromatic heterocycles. The topological polar surface area (TPSA) is 293 Å². The number of aliphatic hydroxyl groups excluding tert-OH is 1. The Kier molecular flexibility index (Phi) is 11.2. The SMILES string of the molecule is CC(C)[C@H](NCC#Cc1cn([C@H]2C[C@H](O)[C@@H](COP(=O)(O)OP(=O)(O)OP(=O)(O)O)O2)c(=O)[nH]c1=O)C(=O)O. The molecule has 19 nitrogen and oxygen atoms in total. The van der Waals surface area contributed by atoms with Gasteiger partial charge in [0, 0.05) is 12.6 Å². The second-order valence-electron chi connectivity index (χ2n) is 8.27. The molecule has 8 N–H and O–H groups in total. The van der Waals surface area contributed by atoms with Gasteiger partial charge in [-0.15, -0.1) is 0 Å². The Morgan fingerprint density at radius 3 is 2.41 bits per heavy atom. The zero-order valence-electron chi connectivity index (χ0n) is 20.1. The van der Waals surface area contributed by atoms with Gasteiger partial charge in [-0.3, -0.25) is 29.0 Å². The highest BCUT2D eigenvalue weighted by atomic mass is 31.3. The summed E-state index contributed by atoms with van der Waals surface area (Å²) in [6.07, 6.45) is -3.35. The van der Waals surface area contributed by atoms with Crippen molar-refractivity contribution in [2.24, 2.45) is 5.92 Å². The highest BCUT2D eigenvalue weighted by Gasteiger charge is 2.43. The van der Waals surface area contributed by atoms with E-state index in [-0.39, 0.29) is 24.4 Å². The molecule has 1 saturated heterocycles. The van der Waals surface area contributed by atoms with E-state index < -0.39 is 71.8 Å². The summed E-state index contributed by atoms with van der Waals surface area (Å²) in [5.41, 5.74) is -2.02. The van der Waals surface area contributed by atoms with Crippen molar-refractivity contribution in [1.29, 1.82) is 0 Å². The third kappa shape index (κ3) is 10.5. The molecule has 1 aromatic rings. The fraction of sp³-hybridized carbons (Fsp3) is 0.588. The fourth-order valence-corrected chi connectivity index (χ4v) is 6.23. The van der Waals surface area contributed by atoms with Crippen molar-refractivity contribution in [2.45, 2.75) is 44.7 Å². The van der Waals surface area contributed by atoms with Crippen LogP contribution in [0.3, 0.4) is 0 Å². The summed E-state index contributed by atoms with van der Waals surface area (Å²) in [6.45, 7) is 2.31. The van der Waals surface area contributed by atoms with E-state index >= 15 is 0 Å². The largest absolute Gasteiger partial charge is 0.490 e. The lowest BCUT2D eigenvalue weighted by Crippen LogP contribution is -2.41. The summed E-state index contributed by atoms with van der Waals surface area (Å²) >= 11 is 0. The van der Waals surface area contributed by atoms with Gasteiger partial charge in [-0.05, 0) is 5.92 Å². The lowest BCUT2D eigenvalue weighted by molar-refractivity contribution is -0.140. The minimum absolute atomic E-state index is 0.102. The van der Waals surface area contributed by atoms with Crippen LogP contribution in [0.25, 0.3) is 0 Å². The number of hydrogen-bond acceptors (Lipinski definition) is 12. The van der Waals surface area contributed by atoms with Gasteiger partial charge in [-0.2, -0.15) is 8.62 Å². The normalized spacial score (nSPS) is 23.4. The Hall–Kier alpha value is -2.00. The summed E-state index contributed by atoms with van der Waals surface area (Å²) in [4.78, 5) is 73.4. The molecule has 2 rings (SSSR count). The third-order valence-corrected chi connectivity index (χ3v) is 8.67. The van der Waals surface area contributed by atoms with Gasteiger partial charge >= 0.3 is 35.1 Å². The summed E-state index contributed by atoms with van der Waals surface area (Å²) in [5, 5.41) is 22.1. The zero-order valence-corrected chi connectivity index (χ0v) is 22.8. The van der Waals surface area contributed by atoms with E-state index in [2.05, 4.69) is 30.3 Å². The van der Waals surface area contributed by atoms with Gasteiger partial charge in [0.1, 0.15) is 23.9 Å². The Labute approximate surface area is 219 Å². The zero-order chi connectivity index (χ0) is 29.8. The number of carbonyl (C=O) groups is 1. The molecule has 1 aliphatic rings. The number of phosphoric ester groups is 1. The molecular weight excluding hydrogens is 595 g/mol. The second kappa shape index (κ2) is 13.1. The van der Waals surface area contributed by atoms with E-state index in [0.29, 0.717) is 0 Å². The van der Waals surface area contributed by atoms with Crippen LogP contribution in [0.1, 0.15) is 32.1 Å². The Morgan fingerprint density at radius 1 is 1.21 bits per heavy atom. The smallest absolute Gasteiger partial charge is 0.480 e. The molecule has 0 aromatic carbocycles. The average molecular weight is 621 g/mol. The number of ether oxygens (including phenoxy) is 1. The van der Waals surface area contributed by atoms with Crippen molar-refractivity contribution in [2.75, 3.05) is 13.2 Å². The van der Waals surface area contributed by atoms with Crippen LogP contribution in [0.4, 0.5) is 0 Å². The van der Waals surface area contributed by atoms with E-state index in [1.807, 2.05) is 4.98 Å². The Bertz CT molecular complexity index is 1370. The molecule has 0 bridgehead atoms. The van der Waals surface area contributed by atoms with E-state index in [9.17, 15) is 43.0 Å². The maximum Gasteiger partial charge on any atom is 0.490 e. The number of nitrogens with zero attached hydrogens (tertiary/aromatic N) is 1. The van der Waals surface area contributed by atoms with Crippen molar-refractivity contribution < 1.29 is 66.2 Å². The lowest BCUT2D eigenvalue weighted by Gasteiger charge is -2.19. The number of aromatic amines is 1. The minimum atomic E-state index is -5.75. The van der Waals surface area contributed by atoms with Gasteiger partial charge < -0.3 is 34.5 Å². The van der Waals surface area contributed by atoms with Gasteiger partial charge in [0.25, 0.3) is 5.56 Å². The molecule has 39 heavy (non-hydrogen) atoms. The molecule has 0 amide bonds. The lowest BCUT2D eigenvalue weighted by atomic mass is 10.1. The second-order valence-corrected chi connectivity index (χ2v) is 12.7. The van der Waals surface area contributed by atoms with E-state index in [4.69, 9.17) is 19.6 Å². The number of aliphatic hydroxyl groups is 1. The number of aromatic nitrogens is 2. The number of aliphatic carboxylic acids is 1. The third-order valence-electron chi connectivity index (χ3n) is 4.87. The Balaban J connectivity index is 2.09. The molecule has 220 valence electrons. The molecular formula is C17H26N3O16P3. The highest BCUT2D eigenvalue weighted by Crippen LogP contribution is 2.66. The van der Waals surface area contributed by atoms with Gasteiger partial charge in [0.2, 0.25) is 0 Å². The summed E-state index contributed by atoms with van der Waals surface area (Å²) in [5.74, 6) is 3.72. The summed E-state index contributed by atoms with van der Waals surface area (Å²) in [7, 11) is -16.8. The number of carboxylic acid groups (broad SMARTS) is 1. The first-order chi connectivity index (χ1) is 17.8. The molecule has 2 unspecified atom stereocenters. The molecule has 0 radical (unpaired) electrons. The first-order valence-corrected chi connectivity index (χ1v) is 15.2. The number of hydrogen-bond donors (Lipinski definition) is 8. The maximum absolute atomic E-state index is 12.3. The number of carboxylic acids is 1. The molecule has 6 atom stereocenters. The minimum Gasteiger partial charge on any atom is -0.480 e. The molecule has 1 fully saturated rings. The molecule has 1 aliphatic heterocycles. The number of phosphoric acid groups is 3. The van der Waals surface area contributed by atoms with Gasteiger partial charge in [0.05, 0.1) is 19.3 Å². The average Bonchev–Trinajstić information content (AvgIpc) is 3.10. The van der Waals surface area contributed by atoms with Crippen LogP contribution in [-0.4, -0.2) is 76.7 Å². The Morgan fingerprint density at radius 2 is 1.85 bits per heavy atom. The van der Waals surface area contributed by atoms with E-state index in [1.165, 1.54) is 0 Å². The molecule has 22 heteroatoms. The van der Waals surface area contributed by atoms with Crippen molar-refractivity contribution in [3.8, 4) is 11.8 Å². The van der Waals surface area contributed by atoms with Crippen LogP contribution >= 0.6 is 23.5 Å². The van der Waals surface area contributed by atoms with Crippen LogP contribution in [0.5, 0.6) is 0 Å². The first-order valence-electron chi connectivity index (χ1n) is 10.7. The number of rotatable bonds is 12. The van der Waals surface area contributed by atoms with Gasteiger partial charge in [0.15, 0.2) is 0 Å². The summed E-state index contributed by atoms with van der Waals surface area (Å²) in [6, 6.07) is -0.887. The number of H-pyrrole nitrogens is 1. The van der Waals surface area contributed by atoms with Crippen LogP contribution in [0.2, 0.25) is 0 Å². The van der Waals surface area contributed by atoms with Gasteiger partial charge in [-0.1, -0.05) is 25.7 Å². The van der Waals surface area contributed by atoms with Crippen molar-refractivity contribution in [3.63, 3.8) is 0 Å². The summed E-state index contributed by atoms with van der Waals surface area (Å²) < 4.78 is 51.8. The van der Waals surface area contributed by atoms with Crippen molar-refractivity contribution >= 4 is 29.4 Å². The standard InChI is InChI=1S/C17H26N3O16P3/c1-9(2)14(16(23)24)18-5-3-4-10-7-20(17(25)19-15(10)22)13-6-11(21)12(34-13)8-33-38(29,30)36-39(31,32)35-37(26,27)28/h7,9,11-14,18,21H,5-6,8H2,1-2H3,(H,23,24)(H,29,30)(H,31,32)(H,19,22,25)(H2,26,27,28)/t11-,12+,13+,14-/m0/s1. The predicted molar refractivity (Wildman–Crippen MR) is 127 cm³/mol. The van der Waals surface area contributed by atoms with E-state index in [1.54, 1.807) is 13.8 Å². The monoisotopic (exact) mass is 621 g/mol. The van der Waals surface area contributed by atoms with E-state index in [0.717, 1.165) is 10.8 Å². The molecule has 0 spiro atoms. The van der Waals surface area contributed by atoms with Crippen LogP contribution in [0.15, 0.2) is 15.8 Å². The molecule has 0 saturated carbocycles. The van der Waals surface area contributed by atoms with Crippen LogP contribution in [-0.2, 0) is 36.4 Å². The van der Waals surface area contributed by atoms with Crippen LogP contribution in [0, 0.1) is 17.8 Å². The highest BCUT2D eigenvalue weighted by molar-refractivity contribution is 7.66.